The minimum absolute atomic E-state index is 0.0870. The summed E-state index contributed by atoms with van der Waals surface area (Å²) < 4.78 is 6.03. The summed E-state index contributed by atoms with van der Waals surface area (Å²) in [7, 11) is 0. The molecule has 1 aromatic rings. The molecule has 0 radical (unpaired) electrons. The van der Waals surface area contributed by atoms with Gasteiger partial charge in [0.15, 0.2) is 0 Å². The first-order valence-corrected chi connectivity index (χ1v) is 7.84. The van der Waals surface area contributed by atoms with Crippen molar-refractivity contribution >= 4 is 5.82 Å². The maximum absolute atomic E-state index is 6.10. The molecule has 1 saturated heterocycles. The van der Waals surface area contributed by atoms with Crippen LogP contribution in [0.25, 0.3) is 0 Å². The van der Waals surface area contributed by atoms with Crippen LogP contribution in [0, 0.1) is 6.92 Å². The molecule has 5 heteroatoms. The number of pyridine rings is 1. The quantitative estimate of drug-likeness (QED) is 0.865. The normalized spacial score (nSPS) is 21.7. The summed E-state index contributed by atoms with van der Waals surface area (Å²) in [6.45, 7) is 12.2. The number of nitrogens with zero attached hydrogens (tertiary/aromatic N) is 2. The van der Waals surface area contributed by atoms with Crippen molar-refractivity contribution in [2.24, 2.45) is 0 Å². The van der Waals surface area contributed by atoms with E-state index in [1.165, 1.54) is 0 Å². The zero-order valence-corrected chi connectivity index (χ0v) is 13.6. The van der Waals surface area contributed by atoms with E-state index < -0.39 is 0 Å². The van der Waals surface area contributed by atoms with E-state index in [0.29, 0.717) is 11.9 Å². The van der Waals surface area contributed by atoms with Crippen LogP contribution in [0.2, 0.25) is 0 Å². The molecule has 1 aliphatic rings. The van der Waals surface area contributed by atoms with Crippen LogP contribution in [0.15, 0.2) is 12.3 Å². The van der Waals surface area contributed by atoms with Gasteiger partial charge in [0.1, 0.15) is 5.82 Å². The van der Waals surface area contributed by atoms with Gasteiger partial charge in [0.05, 0.1) is 18.8 Å². The van der Waals surface area contributed by atoms with E-state index in [1.54, 1.807) is 0 Å². The summed E-state index contributed by atoms with van der Waals surface area (Å²) in [6.07, 6.45) is 1.91. The molecule has 0 spiro atoms. The van der Waals surface area contributed by atoms with E-state index in [4.69, 9.17) is 10.5 Å². The Morgan fingerprint density at radius 2 is 2.29 bits per heavy atom. The Bertz CT molecular complexity index is 464. The van der Waals surface area contributed by atoms with E-state index in [1.807, 2.05) is 13.1 Å². The highest BCUT2D eigenvalue weighted by Crippen LogP contribution is 2.27. The standard InChI is InChI=1S/C16H28N4O/c1-5-18-15(13-8-12(4)9-19-16(13)17)14-10-20(11(2)3)6-7-21-14/h8-9,11,14-15,18H,5-7,10H2,1-4H3,(H2,17,19). The van der Waals surface area contributed by atoms with Crippen molar-refractivity contribution in [3.63, 3.8) is 0 Å². The third-order valence-electron chi connectivity index (χ3n) is 4.07. The van der Waals surface area contributed by atoms with Crippen LogP contribution < -0.4 is 11.1 Å². The first-order chi connectivity index (χ1) is 10.0. The molecule has 21 heavy (non-hydrogen) atoms. The number of morpholine rings is 1. The number of nitrogens with two attached hydrogens (primary N) is 1. The lowest BCUT2D eigenvalue weighted by molar-refractivity contribution is -0.0558. The van der Waals surface area contributed by atoms with Gasteiger partial charge in [-0.25, -0.2) is 4.98 Å². The molecule has 2 atom stereocenters. The van der Waals surface area contributed by atoms with Crippen LogP contribution in [0.3, 0.4) is 0 Å². The summed E-state index contributed by atoms with van der Waals surface area (Å²) in [6, 6.07) is 2.74. The van der Waals surface area contributed by atoms with Crippen LogP contribution >= 0.6 is 0 Å². The summed E-state index contributed by atoms with van der Waals surface area (Å²) in [5.41, 5.74) is 8.27. The average molecular weight is 292 g/mol. The SMILES string of the molecule is CCNC(c1cc(C)cnc1N)C1CN(C(C)C)CCO1. The Balaban J connectivity index is 2.23. The molecule has 0 saturated carbocycles. The van der Waals surface area contributed by atoms with E-state index in [9.17, 15) is 0 Å². The maximum atomic E-state index is 6.10. The fourth-order valence-corrected chi connectivity index (χ4v) is 2.88. The number of rotatable bonds is 5. The monoisotopic (exact) mass is 292 g/mol. The molecule has 2 unspecified atom stereocenters. The number of ether oxygens (including phenoxy) is 1. The van der Waals surface area contributed by atoms with Crippen LogP contribution in [0.1, 0.15) is 37.9 Å². The topological polar surface area (TPSA) is 63.4 Å². The van der Waals surface area contributed by atoms with Crippen molar-refractivity contribution < 1.29 is 4.74 Å². The number of aromatic nitrogens is 1. The van der Waals surface area contributed by atoms with Crippen molar-refractivity contribution in [2.45, 2.75) is 45.9 Å². The lowest BCUT2D eigenvalue weighted by atomic mass is 9.98. The number of hydrogen-bond acceptors (Lipinski definition) is 5. The molecule has 0 amide bonds. The second kappa shape index (κ2) is 7.20. The van der Waals surface area contributed by atoms with E-state index >= 15 is 0 Å². The third kappa shape index (κ3) is 3.93. The fraction of sp³-hybridized carbons (Fsp3) is 0.688. The Labute approximate surface area is 127 Å². The lowest BCUT2D eigenvalue weighted by Crippen LogP contribution is -2.50. The Hall–Kier alpha value is -1.17. The molecular formula is C16H28N4O. The van der Waals surface area contributed by atoms with Crippen molar-refractivity contribution in [1.29, 1.82) is 0 Å². The first kappa shape index (κ1) is 16.2. The molecule has 0 aromatic carbocycles. The van der Waals surface area contributed by atoms with Gasteiger partial charge in [-0.1, -0.05) is 6.92 Å². The van der Waals surface area contributed by atoms with Crippen LogP contribution in [0.5, 0.6) is 0 Å². The molecule has 5 nitrogen and oxygen atoms in total. The molecule has 1 aliphatic heterocycles. The molecule has 0 bridgehead atoms. The number of aryl methyl sites for hydroxylation is 1. The number of nitrogen functional groups attached to an aromatic ring is 1. The Morgan fingerprint density at radius 1 is 1.52 bits per heavy atom. The van der Waals surface area contributed by atoms with Gasteiger partial charge >= 0.3 is 0 Å². The zero-order chi connectivity index (χ0) is 15.4. The van der Waals surface area contributed by atoms with Crippen molar-refractivity contribution in [2.75, 3.05) is 32.0 Å². The average Bonchev–Trinajstić information content (AvgIpc) is 2.47. The Kier molecular flexibility index (Phi) is 5.56. The number of hydrogen-bond donors (Lipinski definition) is 2. The van der Waals surface area contributed by atoms with Gasteiger partial charge in [0.25, 0.3) is 0 Å². The minimum Gasteiger partial charge on any atom is -0.383 e. The van der Waals surface area contributed by atoms with Gasteiger partial charge in [0.2, 0.25) is 0 Å². The molecule has 2 rings (SSSR count). The fourth-order valence-electron chi connectivity index (χ4n) is 2.88. The molecule has 3 N–H and O–H groups in total. The van der Waals surface area contributed by atoms with Gasteiger partial charge in [-0.2, -0.15) is 0 Å². The second-order valence-corrected chi connectivity index (χ2v) is 6.02. The molecule has 2 heterocycles. The second-order valence-electron chi connectivity index (χ2n) is 6.02. The van der Waals surface area contributed by atoms with E-state index in [2.05, 4.69) is 42.0 Å². The number of likely N-dealkylation sites (N-methyl/N-ethyl adjacent to an activating group) is 1. The molecular weight excluding hydrogens is 264 g/mol. The van der Waals surface area contributed by atoms with Gasteiger partial charge in [-0.15, -0.1) is 0 Å². The predicted octanol–water partition coefficient (Wildman–Crippen LogP) is 1.73. The van der Waals surface area contributed by atoms with Crippen molar-refractivity contribution in [1.82, 2.24) is 15.2 Å². The van der Waals surface area contributed by atoms with Gasteiger partial charge in [-0.05, 0) is 38.9 Å². The summed E-state index contributed by atoms with van der Waals surface area (Å²) in [5.74, 6) is 0.594. The summed E-state index contributed by atoms with van der Waals surface area (Å²) in [5, 5.41) is 3.52. The van der Waals surface area contributed by atoms with Crippen molar-refractivity contribution in [3.8, 4) is 0 Å². The lowest BCUT2D eigenvalue weighted by Gasteiger charge is -2.39. The highest BCUT2D eigenvalue weighted by molar-refractivity contribution is 5.43. The first-order valence-electron chi connectivity index (χ1n) is 7.84. The highest BCUT2D eigenvalue weighted by Gasteiger charge is 2.31. The zero-order valence-electron chi connectivity index (χ0n) is 13.6. The Morgan fingerprint density at radius 3 is 2.95 bits per heavy atom. The van der Waals surface area contributed by atoms with Gasteiger partial charge in [0, 0.05) is 30.9 Å². The van der Waals surface area contributed by atoms with Crippen molar-refractivity contribution in [3.05, 3.63) is 23.4 Å². The molecule has 118 valence electrons. The van der Waals surface area contributed by atoms with Gasteiger partial charge in [-0.3, -0.25) is 4.90 Å². The van der Waals surface area contributed by atoms with E-state index in [-0.39, 0.29) is 12.1 Å². The number of nitrogens with one attached hydrogen (secondary N) is 1. The largest absolute Gasteiger partial charge is 0.383 e. The minimum atomic E-state index is 0.0870. The van der Waals surface area contributed by atoms with Crippen LogP contribution in [-0.4, -0.2) is 48.3 Å². The smallest absolute Gasteiger partial charge is 0.128 e. The van der Waals surface area contributed by atoms with Crippen LogP contribution in [0.4, 0.5) is 5.82 Å². The number of anilines is 1. The third-order valence-corrected chi connectivity index (χ3v) is 4.07. The summed E-state index contributed by atoms with van der Waals surface area (Å²) >= 11 is 0. The van der Waals surface area contributed by atoms with E-state index in [0.717, 1.165) is 37.4 Å². The molecule has 1 aromatic heterocycles. The predicted molar refractivity (Wildman–Crippen MR) is 86.3 cm³/mol. The molecule has 1 fully saturated rings. The van der Waals surface area contributed by atoms with Gasteiger partial charge < -0.3 is 15.8 Å². The van der Waals surface area contributed by atoms with Crippen LogP contribution in [-0.2, 0) is 4.74 Å². The molecule has 0 aliphatic carbocycles. The highest BCUT2D eigenvalue weighted by atomic mass is 16.5. The summed E-state index contributed by atoms with van der Waals surface area (Å²) in [4.78, 5) is 6.76. The maximum Gasteiger partial charge on any atom is 0.128 e.